The van der Waals surface area contributed by atoms with Gasteiger partial charge in [0.1, 0.15) is 12.3 Å². The topological polar surface area (TPSA) is 53.8 Å². The minimum Gasteiger partial charge on any atom is -0.467 e. The highest BCUT2D eigenvalue weighted by molar-refractivity contribution is 5.94. The Kier molecular flexibility index (Phi) is 7.82. The minimum absolute atomic E-state index is 0.00315. The minimum atomic E-state index is -0.190. The summed E-state index contributed by atoms with van der Waals surface area (Å²) in [6, 6.07) is 23.0. The molecule has 0 saturated heterocycles. The summed E-state index contributed by atoms with van der Waals surface area (Å²) in [5.74, 6) is 0.385. The van der Waals surface area contributed by atoms with Crippen molar-refractivity contribution < 1.29 is 14.0 Å². The van der Waals surface area contributed by atoms with Crippen LogP contribution in [0.1, 0.15) is 30.7 Å². The molecule has 1 aromatic heterocycles. The van der Waals surface area contributed by atoms with Crippen molar-refractivity contribution in [1.82, 2.24) is 9.80 Å². The second-order valence-electron chi connectivity index (χ2n) is 7.62. The first kappa shape index (κ1) is 22.1. The maximum Gasteiger partial charge on any atom is 0.247 e. The van der Waals surface area contributed by atoms with Gasteiger partial charge >= 0.3 is 0 Å². The molecule has 5 heteroatoms. The van der Waals surface area contributed by atoms with Crippen molar-refractivity contribution in [3.05, 3.63) is 102 Å². The summed E-state index contributed by atoms with van der Waals surface area (Å²) in [6.45, 7) is 4.62. The highest BCUT2D eigenvalue weighted by atomic mass is 16.3. The van der Waals surface area contributed by atoms with Gasteiger partial charge in [-0.05, 0) is 43.2 Å². The molecule has 0 fully saturated rings. The molecule has 0 bridgehead atoms. The zero-order valence-corrected chi connectivity index (χ0v) is 18.0. The number of rotatable bonds is 9. The Morgan fingerprint density at radius 2 is 1.58 bits per heavy atom. The van der Waals surface area contributed by atoms with E-state index in [4.69, 9.17) is 4.42 Å². The molecule has 31 heavy (non-hydrogen) atoms. The third kappa shape index (κ3) is 6.71. The fraction of sp³-hybridized carbons (Fsp3) is 0.231. The lowest BCUT2D eigenvalue weighted by Crippen LogP contribution is -2.45. The fourth-order valence-corrected chi connectivity index (χ4v) is 3.21. The van der Waals surface area contributed by atoms with E-state index in [1.807, 2.05) is 80.6 Å². The standard InChI is InChI=1S/C26H28N2O3/c1-21(2)28(25(29)16-15-22-10-5-3-6-11-22)20-26(30)27(19-24-14-9-17-31-24)18-23-12-7-4-8-13-23/h3-17,21H,18-20H2,1-2H3. The lowest BCUT2D eigenvalue weighted by molar-refractivity contribution is -0.140. The molecule has 0 aliphatic heterocycles. The predicted molar refractivity (Wildman–Crippen MR) is 122 cm³/mol. The number of benzene rings is 2. The summed E-state index contributed by atoms with van der Waals surface area (Å²) in [6.07, 6.45) is 4.89. The molecule has 0 N–H and O–H groups in total. The van der Waals surface area contributed by atoms with Gasteiger partial charge in [0, 0.05) is 18.7 Å². The van der Waals surface area contributed by atoms with E-state index in [9.17, 15) is 9.59 Å². The van der Waals surface area contributed by atoms with E-state index in [2.05, 4.69) is 0 Å². The normalized spacial score (nSPS) is 11.1. The Morgan fingerprint density at radius 1 is 0.903 bits per heavy atom. The highest BCUT2D eigenvalue weighted by Gasteiger charge is 2.23. The molecule has 2 aromatic carbocycles. The molecule has 0 saturated carbocycles. The molecular formula is C26H28N2O3. The van der Waals surface area contributed by atoms with Crippen molar-refractivity contribution in [1.29, 1.82) is 0 Å². The van der Waals surface area contributed by atoms with Gasteiger partial charge in [0.25, 0.3) is 0 Å². The first-order valence-corrected chi connectivity index (χ1v) is 10.4. The Bertz CT molecular complexity index is 980. The highest BCUT2D eigenvalue weighted by Crippen LogP contribution is 2.13. The maximum atomic E-state index is 13.2. The summed E-state index contributed by atoms with van der Waals surface area (Å²) in [4.78, 5) is 29.4. The third-order valence-corrected chi connectivity index (χ3v) is 4.93. The second kappa shape index (κ2) is 11.0. The lowest BCUT2D eigenvalue weighted by atomic mass is 10.2. The molecule has 0 atom stereocenters. The molecule has 160 valence electrons. The summed E-state index contributed by atoms with van der Waals surface area (Å²) in [5, 5.41) is 0. The van der Waals surface area contributed by atoms with E-state index in [1.165, 1.54) is 6.08 Å². The smallest absolute Gasteiger partial charge is 0.247 e. The summed E-state index contributed by atoms with van der Waals surface area (Å²) in [7, 11) is 0. The molecule has 0 unspecified atom stereocenters. The van der Waals surface area contributed by atoms with Crippen molar-refractivity contribution in [2.24, 2.45) is 0 Å². The van der Waals surface area contributed by atoms with Gasteiger partial charge < -0.3 is 14.2 Å². The number of hydrogen-bond acceptors (Lipinski definition) is 3. The number of hydrogen-bond donors (Lipinski definition) is 0. The Morgan fingerprint density at radius 3 is 2.19 bits per heavy atom. The van der Waals surface area contributed by atoms with E-state index in [1.54, 1.807) is 28.2 Å². The van der Waals surface area contributed by atoms with Crippen molar-refractivity contribution in [2.75, 3.05) is 6.54 Å². The van der Waals surface area contributed by atoms with E-state index in [0.29, 0.717) is 18.8 Å². The molecule has 5 nitrogen and oxygen atoms in total. The molecule has 0 radical (unpaired) electrons. The predicted octanol–water partition coefficient (Wildman–Crippen LogP) is 4.76. The Balaban J connectivity index is 1.73. The van der Waals surface area contributed by atoms with Crippen LogP contribution < -0.4 is 0 Å². The van der Waals surface area contributed by atoms with Crippen LogP contribution in [-0.2, 0) is 22.7 Å². The Hall–Kier alpha value is -3.60. The lowest BCUT2D eigenvalue weighted by Gasteiger charge is -2.29. The second-order valence-corrected chi connectivity index (χ2v) is 7.62. The van der Waals surface area contributed by atoms with E-state index >= 15 is 0 Å². The van der Waals surface area contributed by atoms with Crippen LogP contribution in [-0.4, -0.2) is 34.2 Å². The van der Waals surface area contributed by atoms with Crippen LogP contribution in [0.15, 0.2) is 89.6 Å². The molecular weight excluding hydrogens is 388 g/mol. The molecule has 1 heterocycles. The largest absolute Gasteiger partial charge is 0.467 e. The summed E-state index contributed by atoms with van der Waals surface area (Å²) in [5.41, 5.74) is 1.96. The average Bonchev–Trinajstić information content (AvgIpc) is 3.29. The van der Waals surface area contributed by atoms with Crippen LogP contribution in [0.25, 0.3) is 6.08 Å². The fourth-order valence-electron chi connectivity index (χ4n) is 3.21. The number of furan rings is 1. The van der Waals surface area contributed by atoms with Crippen LogP contribution >= 0.6 is 0 Å². The van der Waals surface area contributed by atoms with E-state index in [-0.39, 0.29) is 24.4 Å². The molecule has 0 spiro atoms. The maximum absolute atomic E-state index is 13.2. The monoisotopic (exact) mass is 416 g/mol. The molecule has 3 rings (SSSR count). The number of carbonyl (C=O) groups is 2. The van der Waals surface area contributed by atoms with Gasteiger partial charge in [-0.1, -0.05) is 60.7 Å². The van der Waals surface area contributed by atoms with Gasteiger partial charge in [0.05, 0.1) is 12.8 Å². The van der Waals surface area contributed by atoms with Crippen molar-refractivity contribution in [3.8, 4) is 0 Å². The first-order valence-electron chi connectivity index (χ1n) is 10.4. The van der Waals surface area contributed by atoms with Gasteiger partial charge in [-0.2, -0.15) is 0 Å². The number of carbonyl (C=O) groups excluding carboxylic acids is 2. The van der Waals surface area contributed by atoms with E-state index in [0.717, 1.165) is 11.1 Å². The molecule has 0 aliphatic carbocycles. The van der Waals surface area contributed by atoms with E-state index < -0.39 is 0 Å². The SMILES string of the molecule is CC(C)N(CC(=O)N(Cc1ccccc1)Cc1ccco1)C(=O)C=Cc1ccccc1. The van der Waals surface area contributed by atoms with Gasteiger partial charge in [0.15, 0.2) is 0 Å². The summed E-state index contributed by atoms with van der Waals surface area (Å²) < 4.78 is 5.45. The van der Waals surface area contributed by atoms with Gasteiger partial charge in [-0.3, -0.25) is 9.59 Å². The van der Waals surface area contributed by atoms with Crippen molar-refractivity contribution >= 4 is 17.9 Å². The van der Waals surface area contributed by atoms with Crippen molar-refractivity contribution in [2.45, 2.75) is 33.0 Å². The quantitative estimate of drug-likeness (QED) is 0.473. The number of amides is 2. The Labute approximate surface area is 183 Å². The molecule has 3 aromatic rings. The first-order chi connectivity index (χ1) is 15.0. The van der Waals surface area contributed by atoms with Crippen LogP contribution in [0.5, 0.6) is 0 Å². The van der Waals surface area contributed by atoms with Gasteiger partial charge in [-0.15, -0.1) is 0 Å². The zero-order valence-electron chi connectivity index (χ0n) is 18.0. The zero-order chi connectivity index (χ0) is 22.1. The van der Waals surface area contributed by atoms with Crippen LogP contribution in [0.2, 0.25) is 0 Å². The average molecular weight is 417 g/mol. The molecule has 0 aliphatic rings. The molecule has 2 amide bonds. The summed E-state index contributed by atoms with van der Waals surface area (Å²) >= 11 is 0. The third-order valence-electron chi connectivity index (χ3n) is 4.93. The van der Waals surface area contributed by atoms with Crippen molar-refractivity contribution in [3.63, 3.8) is 0 Å². The van der Waals surface area contributed by atoms with Crippen LogP contribution in [0.4, 0.5) is 0 Å². The van der Waals surface area contributed by atoms with Crippen LogP contribution in [0, 0.1) is 0 Å². The van der Waals surface area contributed by atoms with Crippen LogP contribution in [0.3, 0.4) is 0 Å². The van der Waals surface area contributed by atoms with Gasteiger partial charge in [0.2, 0.25) is 11.8 Å². The number of nitrogens with zero attached hydrogens (tertiary/aromatic N) is 2. The van der Waals surface area contributed by atoms with Gasteiger partial charge in [-0.25, -0.2) is 0 Å².